The van der Waals surface area contributed by atoms with Gasteiger partial charge >= 0.3 is 5.97 Å². The molecular weight excluding hydrogens is 388 g/mol. The van der Waals surface area contributed by atoms with Crippen LogP contribution in [0.15, 0.2) is 0 Å². The highest BCUT2D eigenvalue weighted by Gasteiger charge is 2.45. The molecule has 2 saturated heterocycles. The Morgan fingerprint density at radius 1 is 1.30 bits per heavy atom. The zero-order valence-electron chi connectivity index (χ0n) is 16.2. The number of carboxylic acid groups (broad SMARTS) is 1. The molecule has 0 saturated carbocycles. The number of thioether (sulfide) groups is 2. The molecule has 0 spiro atoms. The molecule has 4 unspecified atom stereocenters. The third-order valence-electron chi connectivity index (χ3n) is 4.60. The first-order chi connectivity index (χ1) is 12.5. The van der Waals surface area contributed by atoms with Gasteiger partial charge < -0.3 is 15.3 Å². The van der Waals surface area contributed by atoms with Crippen molar-refractivity contribution in [1.82, 2.24) is 10.2 Å². The lowest BCUT2D eigenvalue weighted by molar-refractivity contribution is -0.149. The summed E-state index contributed by atoms with van der Waals surface area (Å²) in [6.07, 6.45) is 2.05. The largest absolute Gasteiger partial charge is 0.480 e. The molecule has 27 heavy (non-hydrogen) atoms. The second-order valence-corrected chi connectivity index (χ2v) is 10.9. The van der Waals surface area contributed by atoms with E-state index in [1.165, 1.54) is 11.8 Å². The summed E-state index contributed by atoms with van der Waals surface area (Å²) >= 11 is 2.55. The van der Waals surface area contributed by atoms with E-state index >= 15 is 0 Å². The zero-order chi connectivity index (χ0) is 20.4. The predicted molar refractivity (Wildman–Crippen MR) is 106 cm³/mol. The molecule has 2 aliphatic rings. The average molecular weight is 417 g/mol. The minimum Gasteiger partial charge on any atom is -0.480 e. The molecule has 0 aromatic heterocycles. The highest BCUT2D eigenvalue weighted by atomic mass is 32.2. The Morgan fingerprint density at radius 3 is 2.52 bits per heavy atom. The second kappa shape index (κ2) is 8.86. The van der Waals surface area contributed by atoms with Gasteiger partial charge in [0, 0.05) is 6.92 Å². The molecule has 4 atom stereocenters. The van der Waals surface area contributed by atoms with Crippen LogP contribution in [0.25, 0.3) is 0 Å². The molecule has 7 nitrogen and oxygen atoms in total. The standard InChI is InChI=1S/C18H28N2O5S2/c1-10(21)27-13(9-18(2,3)4)15(22)19-11-7-8-26-14-6-5-12(17(24)25)20(14)16(11)23/h11-14H,5-9H2,1-4H3,(H,19,22)(H,24,25). The van der Waals surface area contributed by atoms with Crippen molar-refractivity contribution in [3.8, 4) is 0 Å². The van der Waals surface area contributed by atoms with E-state index in [1.807, 2.05) is 20.8 Å². The molecule has 0 radical (unpaired) electrons. The summed E-state index contributed by atoms with van der Waals surface area (Å²) in [5, 5.41) is 11.4. The van der Waals surface area contributed by atoms with Crippen molar-refractivity contribution in [2.24, 2.45) is 5.41 Å². The first kappa shape index (κ1) is 22.1. The third-order valence-corrected chi connectivity index (χ3v) is 6.92. The molecule has 0 aliphatic carbocycles. The summed E-state index contributed by atoms with van der Waals surface area (Å²) in [5.74, 6) is -0.992. The molecule has 2 rings (SSSR count). The SMILES string of the molecule is CC(=O)SC(CC(C)(C)C)C(=O)NC1CCSC2CCC(C(=O)O)N2C1=O. The van der Waals surface area contributed by atoms with Crippen LogP contribution in [0.3, 0.4) is 0 Å². The minimum absolute atomic E-state index is 0.141. The van der Waals surface area contributed by atoms with Gasteiger partial charge in [0.25, 0.3) is 0 Å². The molecule has 2 heterocycles. The first-order valence-corrected chi connectivity index (χ1v) is 11.1. The summed E-state index contributed by atoms with van der Waals surface area (Å²) in [4.78, 5) is 50.3. The number of carboxylic acids is 1. The highest BCUT2D eigenvalue weighted by Crippen LogP contribution is 2.36. The monoisotopic (exact) mass is 416 g/mol. The Kier molecular flexibility index (Phi) is 7.24. The number of fused-ring (bicyclic) bond motifs is 1. The molecule has 0 aromatic carbocycles. The van der Waals surface area contributed by atoms with Gasteiger partial charge in [0.15, 0.2) is 5.12 Å². The van der Waals surface area contributed by atoms with Crippen molar-refractivity contribution in [2.45, 2.75) is 76.1 Å². The van der Waals surface area contributed by atoms with Crippen LogP contribution in [-0.4, -0.2) is 61.4 Å². The maximum absolute atomic E-state index is 13.0. The van der Waals surface area contributed by atoms with Crippen LogP contribution in [0.4, 0.5) is 0 Å². The smallest absolute Gasteiger partial charge is 0.326 e. The van der Waals surface area contributed by atoms with Crippen molar-refractivity contribution in [1.29, 1.82) is 0 Å². The molecule has 0 bridgehead atoms. The van der Waals surface area contributed by atoms with E-state index in [0.29, 0.717) is 31.4 Å². The molecule has 9 heteroatoms. The lowest BCUT2D eigenvalue weighted by Crippen LogP contribution is -2.53. The van der Waals surface area contributed by atoms with Crippen LogP contribution in [0.2, 0.25) is 0 Å². The number of hydrogen-bond acceptors (Lipinski definition) is 6. The number of aliphatic carboxylic acids is 1. The van der Waals surface area contributed by atoms with E-state index in [2.05, 4.69) is 5.32 Å². The van der Waals surface area contributed by atoms with E-state index in [1.54, 1.807) is 11.8 Å². The van der Waals surface area contributed by atoms with Gasteiger partial charge in [0.05, 0.1) is 10.6 Å². The molecule has 2 N–H and O–H groups in total. The Bertz CT molecular complexity index is 619. The van der Waals surface area contributed by atoms with Crippen LogP contribution in [0.1, 0.15) is 53.4 Å². The van der Waals surface area contributed by atoms with Crippen LogP contribution < -0.4 is 5.32 Å². The van der Waals surface area contributed by atoms with Gasteiger partial charge in [0.2, 0.25) is 11.8 Å². The number of hydrogen-bond donors (Lipinski definition) is 2. The number of amides is 2. The van der Waals surface area contributed by atoms with Gasteiger partial charge in [-0.3, -0.25) is 14.4 Å². The molecular formula is C18H28N2O5S2. The van der Waals surface area contributed by atoms with Crippen LogP contribution >= 0.6 is 23.5 Å². The molecule has 152 valence electrons. The fourth-order valence-electron chi connectivity index (χ4n) is 3.45. The Labute approximate surface area is 168 Å². The first-order valence-electron chi connectivity index (χ1n) is 9.14. The number of carbonyl (C=O) groups is 4. The molecule has 2 fully saturated rings. The van der Waals surface area contributed by atoms with Gasteiger partial charge in [-0.05, 0) is 36.9 Å². The van der Waals surface area contributed by atoms with E-state index < -0.39 is 23.3 Å². The van der Waals surface area contributed by atoms with Crippen LogP contribution in [0, 0.1) is 5.41 Å². The number of rotatable bonds is 5. The van der Waals surface area contributed by atoms with E-state index in [-0.39, 0.29) is 27.7 Å². The van der Waals surface area contributed by atoms with Gasteiger partial charge in [0.1, 0.15) is 12.1 Å². The summed E-state index contributed by atoms with van der Waals surface area (Å²) in [6.45, 7) is 7.41. The zero-order valence-corrected chi connectivity index (χ0v) is 17.8. The molecule has 0 aromatic rings. The minimum atomic E-state index is -1.00. The topological polar surface area (TPSA) is 104 Å². The normalized spacial score (nSPS) is 26.9. The van der Waals surface area contributed by atoms with Crippen molar-refractivity contribution in [2.75, 3.05) is 5.75 Å². The van der Waals surface area contributed by atoms with E-state index in [9.17, 15) is 24.3 Å². The van der Waals surface area contributed by atoms with Crippen molar-refractivity contribution in [3.05, 3.63) is 0 Å². The Balaban J connectivity index is 2.13. The number of nitrogens with one attached hydrogen (secondary N) is 1. The number of nitrogens with zero attached hydrogens (tertiary/aromatic N) is 1. The van der Waals surface area contributed by atoms with Crippen molar-refractivity contribution < 1.29 is 24.3 Å². The molecule has 2 aliphatic heterocycles. The van der Waals surface area contributed by atoms with Crippen molar-refractivity contribution in [3.63, 3.8) is 0 Å². The summed E-state index contributed by atoms with van der Waals surface area (Å²) < 4.78 is 0. The summed E-state index contributed by atoms with van der Waals surface area (Å²) in [5.41, 5.74) is -0.151. The highest BCUT2D eigenvalue weighted by molar-refractivity contribution is 8.14. The maximum atomic E-state index is 13.0. The maximum Gasteiger partial charge on any atom is 0.326 e. The fourth-order valence-corrected chi connectivity index (χ4v) is 5.97. The lowest BCUT2D eigenvalue weighted by atomic mass is 9.90. The second-order valence-electron chi connectivity index (χ2n) is 8.22. The Hall–Kier alpha value is -1.22. The predicted octanol–water partition coefficient (Wildman–Crippen LogP) is 2.09. The lowest BCUT2D eigenvalue weighted by Gasteiger charge is -2.30. The van der Waals surface area contributed by atoms with Gasteiger partial charge in [-0.1, -0.05) is 32.5 Å². The van der Waals surface area contributed by atoms with Crippen molar-refractivity contribution >= 4 is 46.4 Å². The quantitative estimate of drug-likeness (QED) is 0.707. The Morgan fingerprint density at radius 2 is 1.96 bits per heavy atom. The van der Waals surface area contributed by atoms with Crippen LogP contribution in [0.5, 0.6) is 0 Å². The number of carbonyl (C=O) groups excluding carboxylic acids is 3. The summed E-state index contributed by atoms with van der Waals surface area (Å²) in [6, 6.07) is -1.57. The molecule has 2 amide bonds. The average Bonchev–Trinajstić information content (AvgIpc) is 2.88. The van der Waals surface area contributed by atoms with Gasteiger partial charge in [-0.15, -0.1) is 11.8 Å². The van der Waals surface area contributed by atoms with E-state index in [4.69, 9.17) is 0 Å². The van der Waals surface area contributed by atoms with E-state index in [0.717, 1.165) is 11.8 Å². The van der Waals surface area contributed by atoms with Crippen LogP contribution in [-0.2, 0) is 19.2 Å². The fraction of sp³-hybridized carbons (Fsp3) is 0.778. The summed E-state index contributed by atoms with van der Waals surface area (Å²) in [7, 11) is 0. The third kappa shape index (κ3) is 5.88. The van der Waals surface area contributed by atoms with Gasteiger partial charge in [-0.25, -0.2) is 4.79 Å². The van der Waals surface area contributed by atoms with Gasteiger partial charge in [-0.2, -0.15) is 0 Å².